The number of rotatable bonds is 5. The lowest BCUT2D eigenvalue weighted by atomic mass is 9.84. The normalized spacial score (nSPS) is 14.3. The molecule has 0 bridgehead atoms. The summed E-state index contributed by atoms with van der Waals surface area (Å²) in [4.78, 5) is 4.24. The molecule has 8 rings (SSSR count). The fourth-order valence-corrected chi connectivity index (χ4v) is 6.72. The summed E-state index contributed by atoms with van der Waals surface area (Å²) >= 11 is 0. The number of hydrogen-bond donors (Lipinski definition) is 1. The summed E-state index contributed by atoms with van der Waals surface area (Å²) in [6, 6.07) is 49.0. The van der Waals surface area contributed by atoms with Crippen LogP contribution in [0.25, 0.3) is 71.6 Å². The van der Waals surface area contributed by atoms with Gasteiger partial charge in [-0.2, -0.15) is 0 Å². The van der Waals surface area contributed by atoms with Crippen molar-refractivity contribution in [2.75, 3.05) is 0 Å². The van der Waals surface area contributed by atoms with E-state index in [4.69, 9.17) is 0 Å². The van der Waals surface area contributed by atoms with Crippen molar-refractivity contribution in [3.05, 3.63) is 170 Å². The highest BCUT2D eigenvalue weighted by Gasteiger charge is 2.18. The van der Waals surface area contributed by atoms with E-state index in [9.17, 15) is 0 Å². The average molecular weight is 577 g/mol. The summed E-state index contributed by atoms with van der Waals surface area (Å²) < 4.78 is 0. The predicted molar refractivity (Wildman–Crippen MR) is 191 cm³/mol. The van der Waals surface area contributed by atoms with E-state index in [1.807, 2.05) is 12.4 Å². The molecule has 214 valence electrons. The maximum atomic E-state index is 4.24. The first-order chi connectivity index (χ1) is 22.2. The minimum atomic E-state index is 0.300. The van der Waals surface area contributed by atoms with Crippen molar-refractivity contribution < 1.29 is 0 Å². The van der Waals surface area contributed by atoms with Crippen LogP contribution in [-0.2, 0) is 0 Å². The highest BCUT2D eigenvalue weighted by molar-refractivity contribution is 6.22. The zero-order chi connectivity index (χ0) is 30.2. The minimum absolute atomic E-state index is 0.300. The number of pyridine rings is 1. The number of benzene rings is 6. The molecule has 1 aromatic heterocycles. The predicted octanol–water partition coefficient (Wildman–Crippen LogP) is 10.9. The molecular formula is C43H32N2. The summed E-state index contributed by atoms with van der Waals surface area (Å²) in [5.41, 5.74) is 12.2. The van der Waals surface area contributed by atoms with Crippen molar-refractivity contribution in [3.63, 3.8) is 0 Å². The third kappa shape index (κ3) is 5.01. The van der Waals surface area contributed by atoms with Crippen LogP contribution in [0.1, 0.15) is 12.5 Å². The van der Waals surface area contributed by atoms with Gasteiger partial charge in [0.1, 0.15) is 0 Å². The zero-order valence-electron chi connectivity index (χ0n) is 25.1. The lowest BCUT2D eigenvalue weighted by Gasteiger charge is -2.20. The van der Waals surface area contributed by atoms with Crippen LogP contribution in [0.5, 0.6) is 0 Å². The molecule has 6 aromatic carbocycles. The van der Waals surface area contributed by atoms with E-state index in [-0.39, 0.29) is 0 Å². The van der Waals surface area contributed by atoms with Gasteiger partial charge in [0.05, 0.1) is 0 Å². The standard InChI is InChI=1S/C43H32N2/c1-29-25-35(21-24-45-29)33-12-8-13-36(27-33)42-38-15-5-6-16-39(38)43(37-14-7-11-32(26-37)31-19-22-44-23-20-31)41-28-34(17-18-40(41)42)30-9-3-2-4-10-30/h2-29,45H,1H3. The molecule has 0 saturated carbocycles. The molecule has 0 amide bonds. The summed E-state index contributed by atoms with van der Waals surface area (Å²) in [5.74, 6) is 0. The van der Waals surface area contributed by atoms with Crippen LogP contribution in [-0.4, -0.2) is 11.0 Å². The van der Waals surface area contributed by atoms with Crippen molar-refractivity contribution in [2.24, 2.45) is 0 Å². The SMILES string of the molecule is CC1C=C(c2cccc(-c3c4ccccc4c(-c4cccc(-c5ccncc5)c4)c4cc(-c5ccccc5)ccc34)c2)C=CN1. The molecule has 0 aliphatic carbocycles. The number of fused-ring (bicyclic) bond motifs is 2. The fourth-order valence-electron chi connectivity index (χ4n) is 6.72. The van der Waals surface area contributed by atoms with Gasteiger partial charge >= 0.3 is 0 Å². The first kappa shape index (κ1) is 26.9. The lowest BCUT2D eigenvalue weighted by Crippen LogP contribution is -2.20. The Labute approximate surface area is 264 Å². The Morgan fingerprint density at radius 2 is 1.02 bits per heavy atom. The number of hydrogen-bond acceptors (Lipinski definition) is 2. The highest BCUT2D eigenvalue weighted by Crippen LogP contribution is 2.45. The molecule has 0 spiro atoms. The molecule has 2 nitrogen and oxygen atoms in total. The Morgan fingerprint density at radius 3 is 1.76 bits per heavy atom. The summed E-state index contributed by atoms with van der Waals surface area (Å²) in [6.45, 7) is 2.18. The van der Waals surface area contributed by atoms with Crippen molar-refractivity contribution in [3.8, 4) is 44.5 Å². The quantitative estimate of drug-likeness (QED) is 0.206. The molecule has 0 saturated heterocycles. The van der Waals surface area contributed by atoms with Crippen LogP contribution in [0.4, 0.5) is 0 Å². The molecule has 2 heterocycles. The molecule has 2 heteroatoms. The van der Waals surface area contributed by atoms with Gasteiger partial charge in [0.25, 0.3) is 0 Å². The number of nitrogens with zero attached hydrogens (tertiary/aromatic N) is 1. The van der Waals surface area contributed by atoms with Crippen LogP contribution in [0, 0.1) is 0 Å². The summed E-state index contributed by atoms with van der Waals surface area (Å²) in [5, 5.41) is 8.37. The van der Waals surface area contributed by atoms with Crippen molar-refractivity contribution >= 4 is 27.1 Å². The van der Waals surface area contributed by atoms with E-state index in [2.05, 4.69) is 169 Å². The fraction of sp³-hybridized carbons (Fsp3) is 0.0465. The van der Waals surface area contributed by atoms with Gasteiger partial charge in [-0.15, -0.1) is 0 Å². The second kappa shape index (κ2) is 11.4. The first-order valence-electron chi connectivity index (χ1n) is 15.5. The second-order valence-electron chi connectivity index (χ2n) is 11.7. The molecular weight excluding hydrogens is 544 g/mol. The molecule has 1 atom stereocenters. The van der Waals surface area contributed by atoms with Gasteiger partial charge in [0.2, 0.25) is 0 Å². The molecule has 1 aliphatic heterocycles. The largest absolute Gasteiger partial charge is 0.385 e. The van der Waals surface area contributed by atoms with Crippen molar-refractivity contribution in [1.29, 1.82) is 0 Å². The van der Waals surface area contributed by atoms with E-state index < -0.39 is 0 Å². The van der Waals surface area contributed by atoms with E-state index >= 15 is 0 Å². The van der Waals surface area contributed by atoms with E-state index in [1.165, 1.54) is 71.6 Å². The number of aromatic nitrogens is 1. The van der Waals surface area contributed by atoms with Crippen molar-refractivity contribution in [2.45, 2.75) is 13.0 Å². The van der Waals surface area contributed by atoms with Gasteiger partial charge in [-0.1, -0.05) is 109 Å². The minimum Gasteiger partial charge on any atom is -0.385 e. The summed E-state index contributed by atoms with van der Waals surface area (Å²) in [6.07, 6.45) is 10.2. The highest BCUT2D eigenvalue weighted by atomic mass is 14.9. The average Bonchev–Trinajstić information content (AvgIpc) is 3.11. The molecule has 1 unspecified atom stereocenters. The van der Waals surface area contributed by atoms with Gasteiger partial charge in [0, 0.05) is 18.4 Å². The van der Waals surface area contributed by atoms with Crippen LogP contribution < -0.4 is 5.32 Å². The molecule has 7 aromatic rings. The second-order valence-corrected chi connectivity index (χ2v) is 11.7. The van der Waals surface area contributed by atoms with E-state index in [1.54, 1.807) is 0 Å². The van der Waals surface area contributed by atoms with Crippen LogP contribution in [0.3, 0.4) is 0 Å². The molecule has 1 N–H and O–H groups in total. The Morgan fingerprint density at radius 1 is 0.467 bits per heavy atom. The molecule has 45 heavy (non-hydrogen) atoms. The number of dihydropyridines is 1. The smallest absolute Gasteiger partial charge is 0.0419 e. The third-order valence-electron chi connectivity index (χ3n) is 8.83. The van der Waals surface area contributed by atoms with E-state index in [0.29, 0.717) is 6.04 Å². The number of nitrogens with one attached hydrogen (secondary N) is 1. The Balaban J connectivity index is 1.43. The number of allylic oxidation sites excluding steroid dienone is 2. The Kier molecular flexibility index (Phi) is 6.81. The van der Waals surface area contributed by atoms with Crippen LogP contribution in [0.15, 0.2) is 164 Å². The first-order valence-corrected chi connectivity index (χ1v) is 15.5. The van der Waals surface area contributed by atoms with Gasteiger partial charge < -0.3 is 5.32 Å². The third-order valence-corrected chi connectivity index (χ3v) is 8.83. The summed E-state index contributed by atoms with van der Waals surface area (Å²) in [7, 11) is 0. The lowest BCUT2D eigenvalue weighted by molar-refractivity contribution is 0.764. The zero-order valence-corrected chi connectivity index (χ0v) is 25.1. The van der Waals surface area contributed by atoms with Crippen molar-refractivity contribution in [1.82, 2.24) is 10.3 Å². The topological polar surface area (TPSA) is 24.9 Å². The van der Waals surface area contributed by atoms with Gasteiger partial charge in [-0.3, -0.25) is 4.98 Å². The monoisotopic (exact) mass is 576 g/mol. The van der Waals surface area contributed by atoms with Gasteiger partial charge in [0.15, 0.2) is 0 Å². The molecule has 0 radical (unpaired) electrons. The van der Waals surface area contributed by atoms with E-state index in [0.717, 1.165) is 5.56 Å². The van der Waals surface area contributed by atoms with Crippen LogP contribution in [0.2, 0.25) is 0 Å². The van der Waals surface area contributed by atoms with Crippen LogP contribution >= 0.6 is 0 Å². The van der Waals surface area contributed by atoms with Gasteiger partial charge in [-0.05, 0) is 127 Å². The van der Waals surface area contributed by atoms with Gasteiger partial charge in [-0.25, -0.2) is 0 Å². The maximum absolute atomic E-state index is 4.24. The maximum Gasteiger partial charge on any atom is 0.0419 e. The Bertz CT molecular complexity index is 2240. The molecule has 1 aliphatic rings. The molecule has 0 fully saturated rings. The Hall–Kier alpha value is -5.73.